The third kappa shape index (κ3) is 6.72. The number of guanidine groups is 1. The average molecular weight is 437 g/mol. The highest BCUT2D eigenvalue weighted by molar-refractivity contribution is 14.0. The lowest BCUT2D eigenvalue weighted by Crippen LogP contribution is -2.37. The van der Waals surface area contributed by atoms with Crippen LogP contribution in [0.1, 0.15) is 25.8 Å². The Morgan fingerprint density at radius 2 is 1.57 bits per heavy atom. The summed E-state index contributed by atoms with van der Waals surface area (Å²) < 4.78 is 16.0. The standard InChI is InChI=1S/C16H27N3O3.HI/c1-6-8-18-16(17-7-2)19-11-12-9-14(21-4)15(22-5)10-13(12)20-3;/h9-10H,6-8,11H2,1-5H3,(H2,17,18,19);1H. The third-order valence-electron chi connectivity index (χ3n) is 3.08. The summed E-state index contributed by atoms with van der Waals surface area (Å²) in [5.74, 6) is 2.83. The van der Waals surface area contributed by atoms with Crippen molar-refractivity contribution in [2.45, 2.75) is 26.8 Å². The number of benzene rings is 1. The molecule has 0 bridgehead atoms. The van der Waals surface area contributed by atoms with Crippen LogP contribution in [0.2, 0.25) is 0 Å². The van der Waals surface area contributed by atoms with Crippen molar-refractivity contribution in [2.24, 2.45) is 4.99 Å². The molecule has 0 saturated carbocycles. The maximum Gasteiger partial charge on any atom is 0.191 e. The van der Waals surface area contributed by atoms with Crippen LogP contribution in [0.4, 0.5) is 0 Å². The highest BCUT2D eigenvalue weighted by Crippen LogP contribution is 2.34. The Kier molecular flexibility index (Phi) is 11.4. The lowest BCUT2D eigenvalue weighted by Gasteiger charge is -2.14. The molecule has 0 aliphatic rings. The minimum absolute atomic E-state index is 0. The fourth-order valence-corrected chi connectivity index (χ4v) is 1.97. The van der Waals surface area contributed by atoms with Gasteiger partial charge in [0.15, 0.2) is 17.5 Å². The van der Waals surface area contributed by atoms with E-state index in [1.54, 1.807) is 21.3 Å². The molecular formula is C16H28IN3O3. The quantitative estimate of drug-likeness (QED) is 0.372. The predicted molar refractivity (Wildman–Crippen MR) is 105 cm³/mol. The maximum absolute atomic E-state index is 5.42. The summed E-state index contributed by atoms with van der Waals surface area (Å²) in [6, 6.07) is 3.71. The van der Waals surface area contributed by atoms with Crippen LogP contribution in [0, 0.1) is 0 Å². The molecule has 0 aromatic heterocycles. The summed E-state index contributed by atoms with van der Waals surface area (Å²) in [5, 5.41) is 6.49. The van der Waals surface area contributed by atoms with Gasteiger partial charge in [-0.2, -0.15) is 0 Å². The molecule has 0 fully saturated rings. The van der Waals surface area contributed by atoms with Crippen LogP contribution in [0.5, 0.6) is 17.2 Å². The number of nitrogens with one attached hydrogen (secondary N) is 2. The second-order valence-corrected chi connectivity index (χ2v) is 4.64. The van der Waals surface area contributed by atoms with Crippen LogP contribution in [-0.4, -0.2) is 40.4 Å². The Hall–Kier alpha value is -1.38. The van der Waals surface area contributed by atoms with Crippen LogP contribution >= 0.6 is 24.0 Å². The second kappa shape index (κ2) is 12.1. The summed E-state index contributed by atoms with van der Waals surface area (Å²) in [5.41, 5.74) is 0.939. The molecule has 0 radical (unpaired) electrons. The van der Waals surface area contributed by atoms with E-state index in [-0.39, 0.29) is 24.0 Å². The maximum atomic E-state index is 5.42. The minimum atomic E-state index is 0. The Labute approximate surface area is 156 Å². The van der Waals surface area contributed by atoms with Gasteiger partial charge in [-0.3, -0.25) is 0 Å². The first-order valence-corrected chi connectivity index (χ1v) is 7.51. The molecule has 0 aliphatic heterocycles. The van der Waals surface area contributed by atoms with E-state index in [0.29, 0.717) is 18.0 Å². The third-order valence-corrected chi connectivity index (χ3v) is 3.08. The van der Waals surface area contributed by atoms with Crippen molar-refractivity contribution in [3.05, 3.63) is 17.7 Å². The van der Waals surface area contributed by atoms with Gasteiger partial charge in [0.05, 0.1) is 27.9 Å². The van der Waals surface area contributed by atoms with E-state index in [1.807, 2.05) is 19.1 Å². The van der Waals surface area contributed by atoms with Crippen LogP contribution in [-0.2, 0) is 6.54 Å². The number of nitrogens with zero attached hydrogens (tertiary/aromatic N) is 1. The van der Waals surface area contributed by atoms with Crippen molar-refractivity contribution in [2.75, 3.05) is 34.4 Å². The van der Waals surface area contributed by atoms with Crippen LogP contribution in [0.25, 0.3) is 0 Å². The van der Waals surface area contributed by atoms with Gasteiger partial charge in [0.25, 0.3) is 0 Å². The van der Waals surface area contributed by atoms with E-state index in [4.69, 9.17) is 14.2 Å². The molecule has 0 unspecified atom stereocenters. The zero-order valence-electron chi connectivity index (χ0n) is 14.6. The molecule has 132 valence electrons. The molecule has 2 N–H and O–H groups in total. The molecule has 0 atom stereocenters. The number of halogens is 1. The summed E-state index contributed by atoms with van der Waals surface area (Å²) >= 11 is 0. The normalized spacial score (nSPS) is 10.6. The number of hydrogen-bond donors (Lipinski definition) is 2. The van der Waals surface area contributed by atoms with E-state index in [9.17, 15) is 0 Å². The number of aliphatic imine (C=N–C) groups is 1. The molecule has 23 heavy (non-hydrogen) atoms. The van der Waals surface area contributed by atoms with Crippen LogP contribution < -0.4 is 24.8 Å². The van der Waals surface area contributed by atoms with Gasteiger partial charge in [-0.1, -0.05) is 6.92 Å². The zero-order chi connectivity index (χ0) is 16.4. The molecule has 0 spiro atoms. The minimum Gasteiger partial charge on any atom is -0.496 e. The van der Waals surface area contributed by atoms with Gasteiger partial charge in [0, 0.05) is 24.7 Å². The first kappa shape index (κ1) is 21.6. The molecular weight excluding hydrogens is 409 g/mol. The smallest absolute Gasteiger partial charge is 0.191 e. The Morgan fingerprint density at radius 1 is 0.957 bits per heavy atom. The van der Waals surface area contributed by atoms with Crippen molar-refractivity contribution >= 4 is 29.9 Å². The monoisotopic (exact) mass is 437 g/mol. The SMILES string of the molecule is CCCNC(=NCc1cc(OC)c(OC)cc1OC)NCC.I. The van der Waals surface area contributed by atoms with Crippen molar-refractivity contribution in [3.8, 4) is 17.2 Å². The second-order valence-electron chi connectivity index (χ2n) is 4.64. The molecule has 6 nitrogen and oxygen atoms in total. The van der Waals surface area contributed by atoms with Crippen LogP contribution in [0.15, 0.2) is 17.1 Å². The van der Waals surface area contributed by atoms with Crippen LogP contribution in [0.3, 0.4) is 0 Å². The molecule has 1 rings (SSSR count). The van der Waals surface area contributed by atoms with E-state index in [0.717, 1.165) is 36.8 Å². The number of ether oxygens (including phenoxy) is 3. The molecule has 0 saturated heterocycles. The van der Waals surface area contributed by atoms with E-state index < -0.39 is 0 Å². The van der Waals surface area contributed by atoms with E-state index >= 15 is 0 Å². The Balaban J connectivity index is 0.00000484. The molecule has 1 aromatic rings. The first-order chi connectivity index (χ1) is 10.7. The lowest BCUT2D eigenvalue weighted by atomic mass is 10.1. The summed E-state index contributed by atoms with van der Waals surface area (Å²) in [6.45, 7) is 6.35. The van der Waals surface area contributed by atoms with Gasteiger partial charge < -0.3 is 24.8 Å². The molecule has 0 amide bonds. The first-order valence-electron chi connectivity index (χ1n) is 7.51. The van der Waals surface area contributed by atoms with Gasteiger partial charge in [0.2, 0.25) is 0 Å². The van der Waals surface area contributed by atoms with Gasteiger partial charge in [-0.15, -0.1) is 24.0 Å². The highest BCUT2D eigenvalue weighted by Gasteiger charge is 2.11. The van der Waals surface area contributed by atoms with E-state index in [1.165, 1.54) is 0 Å². The largest absolute Gasteiger partial charge is 0.496 e. The van der Waals surface area contributed by atoms with Gasteiger partial charge in [-0.05, 0) is 19.4 Å². The van der Waals surface area contributed by atoms with Crippen molar-refractivity contribution < 1.29 is 14.2 Å². The van der Waals surface area contributed by atoms with Gasteiger partial charge >= 0.3 is 0 Å². The number of methoxy groups -OCH3 is 3. The highest BCUT2D eigenvalue weighted by atomic mass is 127. The Morgan fingerprint density at radius 3 is 2.09 bits per heavy atom. The molecule has 1 aromatic carbocycles. The fourth-order valence-electron chi connectivity index (χ4n) is 1.97. The molecule has 0 aliphatic carbocycles. The fraction of sp³-hybridized carbons (Fsp3) is 0.562. The average Bonchev–Trinajstić information content (AvgIpc) is 2.56. The molecule has 7 heteroatoms. The van der Waals surface area contributed by atoms with Crippen molar-refractivity contribution in [1.82, 2.24) is 10.6 Å². The van der Waals surface area contributed by atoms with Gasteiger partial charge in [0.1, 0.15) is 5.75 Å². The van der Waals surface area contributed by atoms with Gasteiger partial charge in [-0.25, -0.2) is 4.99 Å². The lowest BCUT2D eigenvalue weighted by molar-refractivity contribution is 0.347. The van der Waals surface area contributed by atoms with Crippen molar-refractivity contribution in [3.63, 3.8) is 0 Å². The Bertz CT molecular complexity index is 496. The molecule has 0 heterocycles. The predicted octanol–water partition coefficient (Wildman–Crippen LogP) is 2.80. The van der Waals surface area contributed by atoms with Crippen molar-refractivity contribution in [1.29, 1.82) is 0 Å². The summed E-state index contributed by atoms with van der Waals surface area (Å²) in [6.07, 6.45) is 1.05. The zero-order valence-corrected chi connectivity index (χ0v) is 16.9. The number of rotatable bonds is 8. The topological polar surface area (TPSA) is 64.1 Å². The summed E-state index contributed by atoms with van der Waals surface area (Å²) in [4.78, 5) is 4.58. The van der Waals surface area contributed by atoms with E-state index in [2.05, 4.69) is 22.5 Å². The number of hydrogen-bond acceptors (Lipinski definition) is 4. The summed E-state index contributed by atoms with van der Waals surface area (Å²) in [7, 11) is 4.85.